The summed E-state index contributed by atoms with van der Waals surface area (Å²) < 4.78 is 10.3. The SMILES string of the molecule is COCCN(C)C(=O)[C@@H]1C[C@H](C(=O)O)CN(C(=O)OC(C)(C)C)C1. The molecule has 0 aromatic rings. The van der Waals surface area contributed by atoms with Crippen LogP contribution in [0.1, 0.15) is 27.2 Å². The lowest BCUT2D eigenvalue weighted by Gasteiger charge is -2.37. The fourth-order valence-corrected chi connectivity index (χ4v) is 2.58. The van der Waals surface area contributed by atoms with E-state index in [9.17, 15) is 19.5 Å². The summed E-state index contributed by atoms with van der Waals surface area (Å²) in [5.41, 5.74) is -0.679. The summed E-state index contributed by atoms with van der Waals surface area (Å²) in [7, 11) is 3.19. The number of aliphatic carboxylic acids is 1. The number of amides is 2. The van der Waals surface area contributed by atoms with Crippen molar-refractivity contribution in [2.24, 2.45) is 11.8 Å². The Bertz CT molecular complexity index is 474. The molecule has 0 spiro atoms. The Kier molecular flexibility index (Phi) is 7.01. The molecule has 1 aliphatic heterocycles. The highest BCUT2D eigenvalue weighted by molar-refractivity contribution is 5.82. The molecule has 0 aromatic heterocycles. The van der Waals surface area contributed by atoms with Gasteiger partial charge in [0.1, 0.15) is 5.60 Å². The van der Waals surface area contributed by atoms with E-state index < -0.39 is 29.5 Å². The number of hydrogen-bond donors (Lipinski definition) is 1. The molecule has 1 aliphatic rings. The lowest BCUT2D eigenvalue weighted by atomic mass is 9.88. The Balaban J connectivity index is 2.83. The summed E-state index contributed by atoms with van der Waals surface area (Å²) in [6.45, 7) is 6.24. The summed E-state index contributed by atoms with van der Waals surface area (Å²) in [4.78, 5) is 39.0. The molecule has 0 bridgehead atoms. The Labute approximate surface area is 142 Å². The van der Waals surface area contributed by atoms with Crippen LogP contribution in [0.2, 0.25) is 0 Å². The molecule has 1 fully saturated rings. The van der Waals surface area contributed by atoms with Crippen molar-refractivity contribution < 1.29 is 29.0 Å². The number of ether oxygens (including phenoxy) is 2. The summed E-state index contributed by atoms with van der Waals surface area (Å²) in [6.07, 6.45) is -0.379. The molecule has 2 amide bonds. The molecule has 0 saturated carbocycles. The van der Waals surface area contributed by atoms with E-state index in [-0.39, 0.29) is 25.4 Å². The van der Waals surface area contributed by atoms with E-state index in [1.54, 1.807) is 34.9 Å². The van der Waals surface area contributed by atoms with Crippen LogP contribution in [0.5, 0.6) is 0 Å². The number of rotatable bonds is 5. The van der Waals surface area contributed by atoms with Gasteiger partial charge in [0.15, 0.2) is 0 Å². The number of carboxylic acid groups (broad SMARTS) is 1. The van der Waals surface area contributed by atoms with Gasteiger partial charge in [0.2, 0.25) is 5.91 Å². The molecule has 8 heteroatoms. The zero-order valence-electron chi connectivity index (χ0n) is 15.1. The van der Waals surface area contributed by atoms with Crippen molar-refractivity contribution in [3.05, 3.63) is 0 Å². The first kappa shape index (κ1) is 20.2. The number of carboxylic acids is 1. The number of hydrogen-bond acceptors (Lipinski definition) is 5. The molecule has 138 valence electrons. The Morgan fingerprint density at radius 3 is 2.29 bits per heavy atom. The number of carbonyl (C=O) groups excluding carboxylic acids is 2. The van der Waals surface area contributed by atoms with Gasteiger partial charge in [-0.2, -0.15) is 0 Å². The van der Waals surface area contributed by atoms with Crippen molar-refractivity contribution in [3.8, 4) is 0 Å². The molecule has 0 unspecified atom stereocenters. The summed E-state index contributed by atoms with van der Waals surface area (Å²) >= 11 is 0. The van der Waals surface area contributed by atoms with E-state index in [2.05, 4.69) is 0 Å². The van der Waals surface area contributed by atoms with Crippen LogP contribution in [-0.2, 0) is 19.1 Å². The van der Waals surface area contributed by atoms with Crippen molar-refractivity contribution in [2.75, 3.05) is 40.4 Å². The van der Waals surface area contributed by atoms with Crippen molar-refractivity contribution in [1.82, 2.24) is 9.80 Å². The van der Waals surface area contributed by atoms with E-state index in [0.717, 1.165) is 0 Å². The first-order valence-corrected chi connectivity index (χ1v) is 7.99. The van der Waals surface area contributed by atoms with Gasteiger partial charge in [0.05, 0.1) is 18.4 Å². The fraction of sp³-hybridized carbons (Fsp3) is 0.812. The maximum atomic E-state index is 12.5. The van der Waals surface area contributed by atoms with E-state index >= 15 is 0 Å². The van der Waals surface area contributed by atoms with Crippen molar-refractivity contribution in [3.63, 3.8) is 0 Å². The number of piperidine rings is 1. The van der Waals surface area contributed by atoms with E-state index in [0.29, 0.717) is 13.2 Å². The molecule has 0 aromatic carbocycles. The Morgan fingerprint density at radius 2 is 1.79 bits per heavy atom. The van der Waals surface area contributed by atoms with E-state index in [1.807, 2.05) is 0 Å². The van der Waals surface area contributed by atoms with Gasteiger partial charge in [0, 0.05) is 33.8 Å². The van der Waals surface area contributed by atoms with Crippen LogP contribution < -0.4 is 0 Å². The molecule has 1 rings (SSSR count). The molecular weight excluding hydrogens is 316 g/mol. The first-order chi connectivity index (χ1) is 11.0. The molecule has 8 nitrogen and oxygen atoms in total. The Hall–Kier alpha value is -1.83. The molecule has 0 aliphatic carbocycles. The second kappa shape index (κ2) is 8.32. The van der Waals surface area contributed by atoms with Gasteiger partial charge in [-0.05, 0) is 27.2 Å². The van der Waals surface area contributed by atoms with Crippen LogP contribution in [0.4, 0.5) is 4.79 Å². The standard InChI is InChI=1S/C16H28N2O6/c1-16(2,3)24-15(22)18-9-11(8-12(10-18)14(20)21)13(19)17(4)6-7-23-5/h11-12H,6-10H2,1-5H3,(H,20,21)/t11-,12+/m1/s1. The minimum absolute atomic E-state index is 0.0514. The first-order valence-electron chi connectivity index (χ1n) is 7.99. The number of nitrogens with zero attached hydrogens (tertiary/aromatic N) is 2. The molecular formula is C16H28N2O6. The summed E-state index contributed by atoms with van der Waals surface area (Å²) in [5, 5.41) is 9.33. The number of carbonyl (C=O) groups is 3. The second-order valence-corrected chi connectivity index (χ2v) is 7.11. The van der Waals surface area contributed by atoms with Crippen LogP contribution in [-0.4, -0.2) is 78.9 Å². The predicted molar refractivity (Wildman–Crippen MR) is 86.6 cm³/mol. The minimum Gasteiger partial charge on any atom is -0.481 e. The zero-order chi connectivity index (χ0) is 18.5. The van der Waals surface area contributed by atoms with Crippen LogP contribution in [0, 0.1) is 11.8 Å². The van der Waals surface area contributed by atoms with E-state index in [1.165, 1.54) is 9.80 Å². The lowest BCUT2D eigenvalue weighted by molar-refractivity contribution is -0.146. The number of likely N-dealkylation sites (tertiary alicyclic amines) is 1. The Morgan fingerprint density at radius 1 is 1.21 bits per heavy atom. The second-order valence-electron chi connectivity index (χ2n) is 7.11. The highest BCUT2D eigenvalue weighted by Gasteiger charge is 2.39. The molecule has 1 heterocycles. The van der Waals surface area contributed by atoms with Crippen LogP contribution in [0.15, 0.2) is 0 Å². The van der Waals surface area contributed by atoms with Crippen molar-refractivity contribution in [1.29, 1.82) is 0 Å². The molecule has 0 radical (unpaired) electrons. The maximum Gasteiger partial charge on any atom is 0.410 e. The van der Waals surface area contributed by atoms with E-state index in [4.69, 9.17) is 9.47 Å². The smallest absolute Gasteiger partial charge is 0.410 e. The largest absolute Gasteiger partial charge is 0.481 e. The normalized spacial score (nSPS) is 21.3. The van der Waals surface area contributed by atoms with Gasteiger partial charge in [-0.25, -0.2) is 4.79 Å². The average Bonchev–Trinajstić information content (AvgIpc) is 2.49. The van der Waals surface area contributed by atoms with Crippen LogP contribution in [0.25, 0.3) is 0 Å². The summed E-state index contributed by atoms with van der Waals surface area (Å²) in [6, 6.07) is 0. The molecule has 1 N–H and O–H groups in total. The molecule has 2 atom stereocenters. The third kappa shape index (κ3) is 5.99. The van der Waals surface area contributed by atoms with Gasteiger partial charge < -0.3 is 24.4 Å². The van der Waals surface area contributed by atoms with Crippen molar-refractivity contribution in [2.45, 2.75) is 32.8 Å². The third-order valence-electron chi connectivity index (χ3n) is 3.81. The lowest BCUT2D eigenvalue weighted by Crippen LogP contribution is -2.51. The van der Waals surface area contributed by atoms with Gasteiger partial charge in [-0.15, -0.1) is 0 Å². The van der Waals surface area contributed by atoms with Gasteiger partial charge in [-0.1, -0.05) is 0 Å². The average molecular weight is 344 g/mol. The summed E-state index contributed by atoms with van der Waals surface area (Å²) in [5.74, 6) is -2.54. The van der Waals surface area contributed by atoms with Crippen LogP contribution in [0.3, 0.4) is 0 Å². The van der Waals surface area contributed by atoms with Crippen molar-refractivity contribution >= 4 is 18.0 Å². The quantitative estimate of drug-likeness (QED) is 0.801. The topological polar surface area (TPSA) is 96.4 Å². The zero-order valence-corrected chi connectivity index (χ0v) is 15.1. The monoisotopic (exact) mass is 344 g/mol. The minimum atomic E-state index is -1.01. The fourth-order valence-electron chi connectivity index (χ4n) is 2.58. The maximum absolute atomic E-state index is 12.5. The third-order valence-corrected chi connectivity index (χ3v) is 3.81. The van der Waals surface area contributed by atoms with Gasteiger partial charge >= 0.3 is 12.1 Å². The van der Waals surface area contributed by atoms with Gasteiger partial charge in [0.25, 0.3) is 0 Å². The highest BCUT2D eigenvalue weighted by Crippen LogP contribution is 2.25. The molecule has 1 saturated heterocycles. The highest BCUT2D eigenvalue weighted by atomic mass is 16.6. The number of likely N-dealkylation sites (N-methyl/N-ethyl adjacent to an activating group) is 1. The van der Waals surface area contributed by atoms with Gasteiger partial charge in [-0.3, -0.25) is 9.59 Å². The molecule has 24 heavy (non-hydrogen) atoms. The van der Waals surface area contributed by atoms with Crippen LogP contribution >= 0.6 is 0 Å². The predicted octanol–water partition coefficient (Wildman–Crippen LogP) is 1.05. The number of methoxy groups -OCH3 is 1.